The zero-order valence-corrected chi connectivity index (χ0v) is 16.2. The van der Waals surface area contributed by atoms with E-state index in [0.717, 1.165) is 29.9 Å². The Bertz CT molecular complexity index is 859. The van der Waals surface area contributed by atoms with E-state index in [1.54, 1.807) is 6.20 Å². The molecule has 4 nitrogen and oxygen atoms in total. The fourth-order valence-electron chi connectivity index (χ4n) is 3.24. The van der Waals surface area contributed by atoms with Gasteiger partial charge in [0.15, 0.2) is 0 Å². The highest BCUT2D eigenvalue weighted by Gasteiger charge is 2.18. The summed E-state index contributed by atoms with van der Waals surface area (Å²) >= 11 is 6.02. The second-order valence-electron chi connectivity index (χ2n) is 6.46. The molecule has 0 saturated carbocycles. The maximum Gasteiger partial charge on any atom is 0.221 e. The molecule has 1 N–H and O–H groups in total. The number of amides is 1. The van der Waals surface area contributed by atoms with Crippen molar-refractivity contribution in [2.45, 2.75) is 32.2 Å². The van der Waals surface area contributed by atoms with Gasteiger partial charge in [0.25, 0.3) is 0 Å². The molecule has 5 heteroatoms. The highest BCUT2D eigenvalue weighted by Crippen LogP contribution is 2.28. The Balaban J connectivity index is 1.65. The Kier molecular flexibility index (Phi) is 6.66. The van der Waals surface area contributed by atoms with Gasteiger partial charge in [0.1, 0.15) is 5.82 Å². The van der Waals surface area contributed by atoms with Gasteiger partial charge in [-0.1, -0.05) is 61.0 Å². The largest absolute Gasteiger partial charge is 0.354 e. The van der Waals surface area contributed by atoms with Crippen LogP contribution in [0.2, 0.25) is 5.02 Å². The molecule has 3 rings (SSSR count). The van der Waals surface area contributed by atoms with Crippen LogP contribution in [0.5, 0.6) is 0 Å². The second-order valence-corrected chi connectivity index (χ2v) is 6.90. The molecule has 1 unspecified atom stereocenters. The van der Waals surface area contributed by atoms with E-state index in [9.17, 15) is 4.79 Å². The number of rotatable bonds is 8. The van der Waals surface area contributed by atoms with Crippen molar-refractivity contribution in [1.29, 1.82) is 0 Å². The maximum atomic E-state index is 12.6. The van der Waals surface area contributed by atoms with Crippen molar-refractivity contribution in [3.63, 3.8) is 0 Å². The first kappa shape index (κ1) is 19.2. The van der Waals surface area contributed by atoms with E-state index in [0.29, 0.717) is 18.0 Å². The van der Waals surface area contributed by atoms with Crippen LogP contribution < -0.4 is 5.32 Å². The second kappa shape index (κ2) is 9.38. The van der Waals surface area contributed by atoms with Crippen LogP contribution in [0.4, 0.5) is 0 Å². The number of nitrogens with one attached hydrogen (secondary N) is 1. The molecule has 1 atom stereocenters. The normalized spacial score (nSPS) is 11.9. The molecule has 1 aromatic heterocycles. The lowest BCUT2D eigenvalue weighted by atomic mass is 9.88. The van der Waals surface area contributed by atoms with Gasteiger partial charge < -0.3 is 9.88 Å². The first-order valence-corrected chi connectivity index (χ1v) is 9.62. The van der Waals surface area contributed by atoms with E-state index in [-0.39, 0.29) is 11.8 Å². The Labute approximate surface area is 165 Å². The number of hydrogen-bond acceptors (Lipinski definition) is 2. The predicted octanol–water partition coefficient (Wildman–Crippen LogP) is 4.44. The summed E-state index contributed by atoms with van der Waals surface area (Å²) in [5, 5.41) is 3.74. The lowest BCUT2D eigenvalue weighted by Gasteiger charge is -2.18. The molecule has 0 aliphatic carbocycles. The van der Waals surface area contributed by atoms with Gasteiger partial charge in [-0.15, -0.1) is 0 Å². The lowest BCUT2D eigenvalue weighted by molar-refractivity contribution is -0.121. The van der Waals surface area contributed by atoms with Crippen molar-refractivity contribution >= 4 is 17.5 Å². The molecule has 27 heavy (non-hydrogen) atoms. The van der Waals surface area contributed by atoms with Crippen LogP contribution in [0.3, 0.4) is 0 Å². The van der Waals surface area contributed by atoms with E-state index < -0.39 is 0 Å². The third-order valence-electron chi connectivity index (χ3n) is 4.66. The van der Waals surface area contributed by atoms with Gasteiger partial charge in [0, 0.05) is 49.3 Å². The van der Waals surface area contributed by atoms with Gasteiger partial charge in [-0.05, 0) is 23.3 Å². The SMILES string of the molecule is CCc1nccn1CCNC(=O)CC(c1ccccc1)c1ccc(Cl)cc1. The number of aromatic nitrogens is 2. The van der Waals surface area contributed by atoms with Crippen molar-refractivity contribution in [2.24, 2.45) is 0 Å². The molecule has 140 valence electrons. The number of nitrogens with zero attached hydrogens (tertiary/aromatic N) is 2. The Hall–Kier alpha value is -2.59. The van der Waals surface area contributed by atoms with E-state index >= 15 is 0 Å². The molecule has 2 aromatic carbocycles. The third-order valence-corrected chi connectivity index (χ3v) is 4.91. The third kappa shape index (κ3) is 5.20. The molecule has 0 saturated heterocycles. The standard InChI is InChI=1S/C22H24ClN3O/c1-2-21-24-12-14-26(21)15-13-25-22(27)16-20(17-6-4-3-5-7-17)18-8-10-19(23)11-9-18/h3-12,14,20H,2,13,15-16H2,1H3,(H,25,27). The van der Waals surface area contributed by atoms with Gasteiger partial charge >= 0.3 is 0 Å². The lowest BCUT2D eigenvalue weighted by Crippen LogP contribution is -2.29. The summed E-state index contributed by atoms with van der Waals surface area (Å²) in [4.78, 5) is 16.9. The minimum Gasteiger partial charge on any atom is -0.354 e. The van der Waals surface area contributed by atoms with Crippen molar-refractivity contribution in [3.05, 3.63) is 89.0 Å². The average Bonchev–Trinajstić information content (AvgIpc) is 3.15. The van der Waals surface area contributed by atoms with Crippen molar-refractivity contribution in [1.82, 2.24) is 14.9 Å². The highest BCUT2D eigenvalue weighted by molar-refractivity contribution is 6.30. The topological polar surface area (TPSA) is 46.9 Å². The molecule has 1 amide bonds. The van der Waals surface area contributed by atoms with Gasteiger partial charge in [-0.2, -0.15) is 0 Å². The summed E-state index contributed by atoms with van der Waals surface area (Å²) in [6.45, 7) is 3.39. The van der Waals surface area contributed by atoms with Gasteiger partial charge in [-0.3, -0.25) is 4.79 Å². The molecular weight excluding hydrogens is 358 g/mol. The minimum absolute atomic E-state index is 0.00270. The molecule has 1 heterocycles. The molecule has 0 spiro atoms. The number of hydrogen-bond donors (Lipinski definition) is 1. The summed E-state index contributed by atoms with van der Waals surface area (Å²) in [6.07, 6.45) is 5.03. The maximum absolute atomic E-state index is 12.6. The van der Waals surface area contributed by atoms with Crippen LogP contribution in [0.25, 0.3) is 0 Å². The Morgan fingerprint density at radius 2 is 1.81 bits per heavy atom. The van der Waals surface area contributed by atoms with E-state index in [4.69, 9.17) is 11.6 Å². The van der Waals surface area contributed by atoms with E-state index in [1.807, 2.05) is 48.7 Å². The monoisotopic (exact) mass is 381 g/mol. The number of halogens is 1. The highest BCUT2D eigenvalue weighted by atomic mass is 35.5. The molecular formula is C22H24ClN3O. The molecule has 0 bridgehead atoms. The molecule has 0 aliphatic heterocycles. The average molecular weight is 382 g/mol. The zero-order valence-electron chi connectivity index (χ0n) is 15.4. The number of benzene rings is 2. The Morgan fingerprint density at radius 3 is 2.52 bits per heavy atom. The summed E-state index contributed by atoms with van der Waals surface area (Å²) < 4.78 is 2.08. The van der Waals surface area contributed by atoms with Gasteiger partial charge in [0.05, 0.1) is 0 Å². The fraction of sp³-hybridized carbons (Fsp3) is 0.273. The smallest absolute Gasteiger partial charge is 0.221 e. The van der Waals surface area contributed by atoms with Crippen molar-refractivity contribution in [3.8, 4) is 0 Å². The molecule has 0 radical (unpaired) electrons. The molecule has 3 aromatic rings. The van der Waals surface area contributed by atoms with Gasteiger partial charge in [-0.25, -0.2) is 4.98 Å². The zero-order chi connectivity index (χ0) is 19.1. The van der Waals surface area contributed by atoms with Crippen molar-refractivity contribution < 1.29 is 4.79 Å². The predicted molar refractivity (Wildman–Crippen MR) is 109 cm³/mol. The number of imidazole rings is 1. The van der Waals surface area contributed by atoms with Crippen LogP contribution in [-0.2, 0) is 17.8 Å². The molecule has 0 fully saturated rings. The van der Waals surface area contributed by atoms with E-state index in [1.165, 1.54) is 0 Å². The van der Waals surface area contributed by atoms with Crippen LogP contribution in [0.15, 0.2) is 67.0 Å². The van der Waals surface area contributed by atoms with Crippen LogP contribution in [0.1, 0.15) is 36.2 Å². The number of carbonyl (C=O) groups excluding carboxylic acids is 1. The van der Waals surface area contributed by atoms with Crippen LogP contribution in [0, 0.1) is 0 Å². The first-order chi connectivity index (χ1) is 13.2. The summed E-state index contributed by atoms with van der Waals surface area (Å²) in [5.41, 5.74) is 2.21. The van der Waals surface area contributed by atoms with Crippen LogP contribution in [-0.4, -0.2) is 22.0 Å². The first-order valence-electron chi connectivity index (χ1n) is 9.24. The fourth-order valence-corrected chi connectivity index (χ4v) is 3.37. The summed E-state index contributed by atoms with van der Waals surface area (Å²) in [5.74, 6) is 1.08. The summed E-state index contributed by atoms with van der Waals surface area (Å²) in [6, 6.07) is 17.8. The van der Waals surface area contributed by atoms with E-state index in [2.05, 4.69) is 33.9 Å². The number of carbonyl (C=O) groups is 1. The Morgan fingerprint density at radius 1 is 1.11 bits per heavy atom. The summed E-state index contributed by atoms with van der Waals surface area (Å²) in [7, 11) is 0. The van der Waals surface area contributed by atoms with Crippen LogP contribution >= 0.6 is 11.6 Å². The minimum atomic E-state index is 0.00270. The van der Waals surface area contributed by atoms with Crippen molar-refractivity contribution in [2.75, 3.05) is 6.54 Å². The quantitative estimate of drug-likeness (QED) is 0.627. The molecule has 0 aliphatic rings. The van der Waals surface area contributed by atoms with Gasteiger partial charge in [0.2, 0.25) is 5.91 Å². The number of aryl methyl sites for hydroxylation is 1.